The van der Waals surface area contributed by atoms with E-state index in [0.29, 0.717) is 6.42 Å². The predicted molar refractivity (Wildman–Crippen MR) is 103 cm³/mol. The molecule has 1 amide bonds. The van der Waals surface area contributed by atoms with E-state index in [1.807, 2.05) is 29.2 Å². The fourth-order valence-electron chi connectivity index (χ4n) is 4.92. The first-order valence-electron chi connectivity index (χ1n) is 10.3. The molecule has 5 heteroatoms. The van der Waals surface area contributed by atoms with Gasteiger partial charge < -0.3 is 19.5 Å². The minimum Gasteiger partial charge on any atom is -0.497 e. The maximum absolute atomic E-state index is 13.3. The van der Waals surface area contributed by atoms with Gasteiger partial charge >= 0.3 is 0 Å². The van der Waals surface area contributed by atoms with E-state index in [4.69, 9.17) is 9.47 Å². The molecule has 0 radical (unpaired) electrons. The zero-order valence-electron chi connectivity index (χ0n) is 16.4. The summed E-state index contributed by atoms with van der Waals surface area (Å²) in [4.78, 5) is 15.3. The lowest BCUT2D eigenvalue weighted by atomic mass is 9.81. The van der Waals surface area contributed by atoms with E-state index in [0.717, 1.165) is 62.9 Å². The first-order valence-corrected chi connectivity index (χ1v) is 10.3. The largest absolute Gasteiger partial charge is 0.497 e. The summed E-state index contributed by atoms with van der Waals surface area (Å²) in [6.45, 7) is 3.56. The van der Waals surface area contributed by atoms with E-state index in [1.165, 1.54) is 0 Å². The van der Waals surface area contributed by atoms with Gasteiger partial charge in [0.2, 0.25) is 5.91 Å². The number of piperidine rings is 1. The summed E-state index contributed by atoms with van der Waals surface area (Å²) in [6, 6.07) is 7.94. The molecule has 3 aliphatic rings. The van der Waals surface area contributed by atoms with Crippen molar-refractivity contribution in [2.75, 3.05) is 20.2 Å². The Labute approximate surface area is 161 Å². The molecule has 3 fully saturated rings. The Hall–Kier alpha value is -1.59. The van der Waals surface area contributed by atoms with Crippen LogP contribution in [0.2, 0.25) is 0 Å². The second-order valence-corrected chi connectivity index (χ2v) is 8.53. The van der Waals surface area contributed by atoms with Crippen molar-refractivity contribution >= 4 is 5.91 Å². The monoisotopic (exact) mass is 373 g/mol. The fraction of sp³-hybridized carbons (Fsp3) is 0.682. The standard InChI is InChI=1S/C22H31NO4/c1-3-18-14-17(24)15-21(27-18)10-12-23(13-11-21)20(25)22(8-9-22)16-4-6-19(26-2)7-5-16/h4-7,17-18,24H,3,8-15H2,1-2H3/t17-,18+/m1/s1. The molecule has 2 aliphatic heterocycles. The molecule has 148 valence electrons. The van der Waals surface area contributed by atoms with Gasteiger partial charge in [0.05, 0.1) is 30.3 Å². The Bertz CT molecular complexity index is 674. The van der Waals surface area contributed by atoms with Crippen LogP contribution < -0.4 is 4.74 Å². The molecule has 2 heterocycles. The molecule has 2 atom stereocenters. The number of ether oxygens (including phenoxy) is 2. The number of carbonyl (C=O) groups excluding carboxylic acids is 1. The Morgan fingerprint density at radius 3 is 2.44 bits per heavy atom. The van der Waals surface area contributed by atoms with Crippen molar-refractivity contribution in [1.82, 2.24) is 4.90 Å². The number of benzene rings is 1. The molecule has 4 rings (SSSR count). The number of carbonyl (C=O) groups is 1. The van der Waals surface area contributed by atoms with Crippen LogP contribution in [0.1, 0.15) is 57.4 Å². The summed E-state index contributed by atoms with van der Waals surface area (Å²) in [5.74, 6) is 1.08. The normalized spacial score (nSPS) is 28.8. The minimum atomic E-state index is -0.338. The SMILES string of the molecule is CC[C@H]1C[C@@H](O)CC2(CCN(C(=O)C3(c4ccc(OC)cc4)CC3)CC2)O1. The Morgan fingerprint density at radius 1 is 1.22 bits per heavy atom. The number of nitrogens with zero attached hydrogens (tertiary/aromatic N) is 1. The summed E-state index contributed by atoms with van der Waals surface area (Å²) in [6.07, 6.45) is 5.74. The van der Waals surface area contributed by atoms with Gasteiger partial charge in [0.15, 0.2) is 0 Å². The molecule has 1 saturated carbocycles. The molecule has 1 spiro atoms. The van der Waals surface area contributed by atoms with Crippen LogP contribution in [0.4, 0.5) is 0 Å². The smallest absolute Gasteiger partial charge is 0.233 e. The van der Waals surface area contributed by atoms with Gasteiger partial charge in [-0.25, -0.2) is 0 Å². The number of likely N-dealkylation sites (tertiary alicyclic amines) is 1. The first-order chi connectivity index (χ1) is 13.0. The Morgan fingerprint density at radius 2 is 1.89 bits per heavy atom. The van der Waals surface area contributed by atoms with Crippen LogP contribution in [0, 0.1) is 0 Å². The lowest BCUT2D eigenvalue weighted by molar-refractivity contribution is -0.184. The highest BCUT2D eigenvalue weighted by Crippen LogP contribution is 2.50. The quantitative estimate of drug-likeness (QED) is 0.881. The van der Waals surface area contributed by atoms with E-state index >= 15 is 0 Å². The minimum absolute atomic E-state index is 0.144. The van der Waals surface area contributed by atoms with Gasteiger partial charge in [-0.15, -0.1) is 0 Å². The molecule has 27 heavy (non-hydrogen) atoms. The molecular formula is C22H31NO4. The summed E-state index contributed by atoms with van der Waals surface area (Å²) >= 11 is 0. The van der Waals surface area contributed by atoms with E-state index in [9.17, 15) is 9.90 Å². The molecule has 5 nitrogen and oxygen atoms in total. The number of amides is 1. The van der Waals surface area contributed by atoms with Crippen LogP contribution in [-0.4, -0.2) is 53.9 Å². The topological polar surface area (TPSA) is 59.0 Å². The second kappa shape index (κ2) is 7.10. The first kappa shape index (κ1) is 18.8. The van der Waals surface area contributed by atoms with Gasteiger partial charge in [-0.05, 0) is 56.2 Å². The zero-order chi connectivity index (χ0) is 19.1. The van der Waals surface area contributed by atoms with Gasteiger partial charge in [0.25, 0.3) is 0 Å². The number of hydrogen-bond acceptors (Lipinski definition) is 4. The summed E-state index contributed by atoms with van der Waals surface area (Å²) in [5, 5.41) is 10.3. The van der Waals surface area contributed by atoms with Crippen LogP contribution in [0.3, 0.4) is 0 Å². The molecule has 0 bridgehead atoms. The molecular weight excluding hydrogens is 342 g/mol. The highest BCUT2D eigenvalue weighted by atomic mass is 16.5. The summed E-state index contributed by atoms with van der Waals surface area (Å²) in [7, 11) is 1.66. The van der Waals surface area contributed by atoms with Crippen LogP contribution in [0.15, 0.2) is 24.3 Å². The third kappa shape index (κ3) is 3.47. The van der Waals surface area contributed by atoms with Crippen molar-refractivity contribution in [2.45, 2.75) is 75.1 Å². The van der Waals surface area contributed by atoms with Crippen LogP contribution >= 0.6 is 0 Å². The van der Waals surface area contributed by atoms with Crippen molar-refractivity contribution in [3.8, 4) is 5.75 Å². The average molecular weight is 373 g/mol. The molecule has 0 unspecified atom stereocenters. The molecule has 1 aliphatic carbocycles. The van der Waals surface area contributed by atoms with Gasteiger partial charge in [0.1, 0.15) is 5.75 Å². The predicted octanol–water partition coefficient (Wildman–Crippen LogP) is 3.04. The van der Waals surface area contributed by atoms with Crippen molar-refractivity contribution in [1.29, 1.82) is 0 Å². The van der Waals surface area contributed by atoms with Crippen molar-refractivity contribution in [3.63, 3.8) is 0 Å². The van der Waals surface area contributed by atoms with Gasteiger partial charge in [-0.1, -0.05) is 19.1 Å². The number of hydrogen-bond donors (Lipinski definition) is 1. The lowest BCUT2D eigenvalue weighted by Gasteiger charge is -2.48. The lowest BCUT2D eigenvalue weighted by Crippen LogP contribution is -2.55. The highest BCUT2D eigenvalue weighted by molar-refractivity contribution is 5.91. The van der Waals surface area contributed by atoms with E-state index in [1.54, 1.807) is 7.11 Å². The number of rotatable bonds is 4. The Kier molecular flexibility index (Phi) is 4.93. The number of aliphatic hydroxyl groups is 1. The van der Waals surface area contributed by atoms with Crippen molar-refractivity contribution < 1.29 is 19.4 Å². The molecule has 1 N–H and O–H groups in total. The molecule has 1 aromatic carbocycles. The average Bonchev–Trinajstić information content (AvgIpc) is 3.49. The molecule has 2 saturated heterocycles. The zero-order valence-corrected chi connectivity index (χ0v) is 16.4. The van der Waals surface area contributed by atoms with E-state index < -0.39 is 0 Å². The fourth-order valence-corrected chi connectivity index (χ4v) is 4.92. The van der Waals surface area contributed by atoms with E-state index in [-0.39, 0.29) is 29.1 Å². The maximum Gasteiger partial charge on any atom is 0.233 e. The second-order valence-electron chi connectivity index (χ2n) is 8.53. The van der Waals surface area contributed by atoms with Crippen LogP contribution in [-0.2, 0) is 14.9 Å². The third-order valence-electron chi connectivity index (χ3n) is 6.78. The third-order valence-corrected chi connectivity index (χ3v) is 6.78. The van der Waals surface area contributed by atoms with Crippen LogP contribution in [0.25, 0.3) is 0 Å². The van der Waals surface area contributed by atoms with Crippen molar-refractivity contribution in [2.24, 2.45) is 0 Å². The molecule has 1 aromatic rings. The Balaban J connectivity index is 1.42. The summed E-state index contributed by atoms with van der Waals surface area (Å²) in [5.41, 5.74) is 0.519. The molecule has 0 aromatic heterocycles. The van der Waals surface area contributed by atoms with Gasteiger partial charge in [-0.2, -0.15) is 0 Å². The number of methoxy groups -OCH3 is 1. The van der Waals surface area contributed by atoms with Crippen LogP contribution in [0.5, 0.6) is 5.75 Å². The summed E-state index contributed by atoms with van der Waals surface area (Å²) < 4.78 is 11.6. The highest BCUT2D eigenvalue weighted by Gasteiger charge is 2.54. The maximum atomic E-state index is 13.3. The number of aliphatic hydroxyl groups excluding tert-OH is 1. The van der Waals surface area contributed by atoms with E-state index in [2.05, 4.69) is 6.92 Å². The van der Waals surface area contributed by atoms with Gasteiger partial charge in [0, 0.05) is 19.5 Å². The van der Waals surface area contributed by atoms with Gasteiger partial charge in [-0.3, -0.25) is 4.79 Å². The van der Waals surface area contributed by atoms with Crippen molar-refractivity contribution in [3.05, 3.63) is 29.8 Å².